The van der Waals surface area contributed by atoms with E-state index in [-0.39, 0.29) is 11.9 Å². The van der Waals surface area contributed by atoms with Crippen LogP contribution in [-0.2, 0) is 0 Å². The lowest BCUT2D eigenvalue weighted by Crippen LogP contribution is -2.43. The van der Waals surface area contributed by atoms with Gasteiger partial charge in [0, 0.05) is 15.5 Å². The van der Waals surface area contributed by atoms with Crippen molar-refractivity contribution in [3.8, 4) is 0 Å². The highest BCUT2D eigenvalue weighted by Crippen LogP contribution is 2.30. The summed E-state index contributed by atoms with van der Waals surface area (Å²) in [5.41, 5.74) is 0.609. The van der Waals surface area contributed by atoms with Crippen LogP contribution in [0.25, 0.3) is 0 Å². The van der Waals surface area contributed by atoms with Crippen LogP contribution < -0.4 is 5.32 Å². The van der Waals surface area contributed by atoms with Crippen LogP contribution in [0.1, 0.15) is 43.5 Å². The first-order valence-corrected chi connectivity index (χ1v) is 7.92. The molecular weight excluding hydrogens is 326 g/mol. The van der Waals surface area contributed by atoms with Gasteiger partial charge in [-0.3, -0.25) is 4.79 Å². The van der Waals surface area contributed by atoms with Crippen molar-refractivity contribution in [3.63, 3.8) is 0 Å². The molecule has 1 aliphatic rings. The second-order valence-electron chi connectivity index (χ2n) is 5.47. The topological polar surface area (TPSA) is 29.1 Å². The number of amides is 1. The summed E-state index contributed by atoms with van der Waals surface area (Å²) in [5.74, 6) is 1.15. The molecule has 0 aromatic heterocycles. The van der Waals surface area contributed by atoms with Gasteiger partial charge in [-0.1, -0.05) is 38.3 Å². The average molecular weight is 345 g/mol. The smallest absolute Gasteiger partial charge is 0.252 e. The van der Waals surface area contributed by atoms with Crippen molar-refractivity contribution in [1.82, 2.24) is 5.32 Å². The fourth-order valence-corrected chi connectivity index (χ4v) is 3.30. The van der Waals surface area contributed by atoms with E-state index in [9.17, 15) is 4.79 Å². The number of hydrogen-bond acceptors (Lipinski definition) is 1. The monoisotopic (exact) mass is 343 g/mol. The molecule has 0 aliphatic heterocycles. The molecule has 3 unspecified atom stereocenters. The van der Waals surface area contributed by atoms with Crippen molar-refractivity contribution in [2.24, 2.45) is 11.8 Å². The van der Waals surface area contributed by atoms with Gasteiger partial charge in [0.05, 0.1) is 5.56 Å². The molecule has 2 rings (SSSR count). The zero-order valence-corrected chi connectivity index (χ0v) is 13.6. The largest absolute Gasteiger partial charge is 0.349 e. The summed E-state index contributed by atoms with van der Waals surface area (Å²) in [6.07, 6.45) is 3.51. The highest BCUT2D eigenvalue weighted by atomic mass is 79.9. The summed E-state index contributed by atoms with van der Waals surface area (Å²) >= 11 is 9.36. The number of nitrogens with one attached hydrogen (secondary N) is 1. The minimum Gasteiger partial charge on any atom is -0.349 e. The minimum atomic E-state index is -0.0414. The van der Waals surface area contributed by atoms with E-state index in [0.29, 0.717) is 22.4 Å². The number of rotatable bonds is 2. The third-order valence-corrected chi connectivity index (χ3v) is 5.12. The molecule has 1 aliphatic carbocycles. The van der Waals surface area contributed by atoms with E-state index in [1.54, 1.807) is 12.1 Å². The fraction of sp³-hybridized carbons (Fsp3) is 0.533. The van der Waals surface area contributed by atoms with E-state index >= 15 is 0 Å². The maximum atomic E-state index is 12.3. The molecule has 1 saturated carbocycles. The van der Waals surface area contributed by atoms with Crippen LogP contribution in [0.4, 0.5) is 0 Å². The molecule has 1 aromatic carbocycles. The molecule has 0 bridgehead atoms. The number of carbonyl (C=O) groups is 1. The van der Waals surface area contributed by atoms with Crippen LogP contribution in [0.5, 0.6) is 0 Å². The molecule has 104 valence electrons. The predicted octanol–water partition coefficient (Wildman–Crippen LogP) is 4.66. The summed E-state index contributed by atoms with van der Waals surface area (Å²) in [6, 6.07) is 5.55. The van der Waals surface area contributed by atoms with Gasteiger partial charge >= 0.3 is 0 Å². The Morgan fingerprint density at radius 3 is 2.84 bits per heavy atom. The average Bonchev–Trinajstić information content (AvgIpc) is 2.38. The Labute approximate surface area is 128 Å². The molecule has 1 amide bonds. The predicted molar refractivity (Wildman–Crippen MR) is 82.6 cm³/mol. The van der Waals surface area contributed by atoms with E-state index < -0.39 is 0 Å². The van der Waals surface area contributed by atoms with Gasteiger partial charge in [0.15, 0.2) is 0 Å². The number of benzene rings is 1. The van der Waals surface area contributed by atoms with Gasteiger partial charge < -0.3 is 5.32 Å². The SMILES string of the molecule is CC1CCCC(NC(=O)c2cc(Cl)ccc2Br)C1C. The van der Waals surface area contributed by atoms with Crippen LogP contribution in [0.3, 0.4) is 0 Å². The second-order valence-corrected chi connectivity index (χ2v) is 6.76. The summed E-state index contributed by atoms with van der Waals surface area (Å²) in [6.45, 7) is 4.49. The lowest BCUT2D eigenvalue weighted by Gasteiger charge is -2.34. The molecule has 0 heterocycles. The molecule has 4 heteroatoms. The van der Waals surface area contributed by atoms with Gasteiger partial charge in [-0.2, -0.15) is 0 Å². The van der Waals surface area contributed by atoms with Crippen LogP contribution in [0.2, 0.25) is 5.02 Å². The summed E-state index contributed by atoms with van der Waals surface area (Å²) < 4.78 is 0.783. The summed E-state index contributed by atoms with van der Waals surface area (Å²) in [7, 11) is 0. The van der Waals surface area contributed by atoms with E-state index in [0.717, 1.165) is 10.9 Å². The lowest BCUT2D eigenvalue weighted by atomic mass is 9.78. The first kappa shape index (κ1) is 14.9. The van der Waals surface area contributed by atoms with E-state index in [4.69, 9.17) is 11.6 Å². The first-order valence-electron chi connectivity index (χ1n) is 6.75. The Balaban J connectivity index is 2.10. The van der Waals surface area contributed by atoms with Gasteiger partial charge in [-0.15, -0.1) is 0 Å². The fourth-order valence-electron chi connectivity index (χ4n) is 2.70. The highest BCUT2D eigenvalue weighted by Gasteiger charge is 2.28. The third kappa shape index (κ3) is 3.51. The van der Waals surface area contributed by atoms with Gasteiger partial charge in [-0.05, 0) is 52.4 Å². The van der Waals surface area contributed by atoms with Crippen molar-refractivity contribution >= 4 is 33.4 Å². The molecule has 0 radical (unpaired) electrons. The number of halogens is 2. The van der Waals surface area contributed by atoms with E-state index in [1.807, 2.05) is 6.07 Å². The van der Waals surface area contributed by atoms with Gasteiger partial charge in [0.25, 0.3) is 5.91 Å². The first-order chi connectivity index (χ1) is 8.99. The second kappa shape index (κ2) is 6.27. The van der Waals surface area contributed by atoms with E-state index in [1.165, 1.54) is 12.8 Å². The minimum absolute atomic E-state index is 0.0414. The molecule has 1 fully saturated rings. The lowest BCUT2D eigenvalue weighted by molar-refractivity contribution is 0.0890. The zero-order valence-electron chi connectivity index (χ0n) is 11.2. The molecule has 0 saturated heterocycles. The number of carbonyl (C=O) groups excluding carboxylic acids is 1. The molecule has 1 N–H and O–H groups in total. The van der Waals surface area contributed by atoms with Crippen LogP contribution in [-0.4, -0.2) is 11.9 Å². The van der Waals surface area contributed by atoms with Crippen molar-refractivity contribution in [2.75, 3.05) is 0 Å². The maximum absolute atomic E-state index is 12.3. The van der Waals surface area contributed by atoms with Crippen molar-refractivity contribution in [3.05, 3.63) is 33.3 Å². The van der Waals surface area contributed by atoms with Crippen molar-refractivity contribution in [1.29, 1.82) is 0 Å². The Morgan fingerprint density at radius 2 is 2.11 bits per heavy atom. The Hall–Kier alpha value is -0.540. The van der Waals surface area contributed by atoms with Gasteiger partial charge in [-0.25, -0.2) is 0 Å². The number of hydrogen-bond donors (Lipinski definition) is 1. The highest BCUT2D eigenvalue weighted by molar-refractivity contribution is 9.10. The molecular formula is C15H19BrClNO. The Kier molecular flexibility index (Phi) is 4.91. The van der Waals surface area contributed by atoms with Crippen LogP contribution in [0, 0.1) is 11.8 Å². The quantitative estimate of drug-likeness (QED) is 0.831. The van der Waals surface area contributed by atoms with Crippen molar-refractivity contribution < 1.29 is 4.79 Å². The van der Waals surface area contributed by atoms with Crippen LogP contribution in [0.15, 0.2) is 22.7 Å². The Morgan fingerprint density at radius 1 is 1.37 bits per heavy atom. The normalized spacial score (nSPS) is 27.1. The zero-order chi connectivity index (χ0) is 14.0. The standard InChI is InChI=1S/C15H19BrClNO/c1-9-4-3-5-14(10(9)2)18-15(19)12-8-11(17)6-7-13(12)16/h6-10,14H,3-5H2,1-2H3,(H,18,19). The third-order valence-electron chi connectivity index (χ3n) is 4.20. The molecule has 0 spiro atoms. The molecule has 19 heavy (non-hydrogen) atoms. The maximum Gasteiger partial charge on any atom is 0.252 e. The molecule has 1 aromatic rings. The molecule has 2 nitrogen and oxygen atoms in total. The summed E-state index contributed by atoms with van der Waals surface area (Å²) in [5, 5.41) is 3.74. The molecule has 3 atom stereocenters. The summed E-state index contributed by atoms with van der Waals surface area (Å²) in [4.78, 5) is 12.3. The Bertz CT molecular complexity index is 477. The van der Waals surface area contributed by atoms with Crippen molar-refractivity contribution in [2.45, 2.75) is 39.2 Å². The van der Waals surface area contributed by atoms with Gasteiger partial charge in [0.2, 0.25) is 0 Å². The van der Waals surface area contributed by atoms with Crippen LogP contribution >= 0.6 is 27.5 Å². The van der Waals surface area contributed by atoms with Gasteiger partial charge in [0.1, 0.15) is 0 Å². The van der Waals surface area contributed by atoms with E-state index in [2.05, 4.69) is 35.1 Å².